The standard InChI is InChI=1S/C16H24BrN3O/c1-19-4-5-20(2)15(10-19)14(18)9-12-8-13(17)7-11-3-6-21-16(11)12/h7-8,14-15H,3-6,9-10,18H2,1-2H3. The zero-order chi connectivity index (χ0) is 15.0. The lowest BCUT2D eigenvalue weighted by Gasteiger charge is -2.40. The molecular formula is C16H24BrN3O. The van der Waals surface area contributed by atoms with Gasteiger partial charge in [-0.25, -0.2) is 0 Å². The first-order valence-corrected chi connectivity index (χ1v) is 8.42. The average Bonchev–Trinajstić information content (AvgIpc) is 2.89. The molecule has 1 aromatic carbocycles. The van der Waals surface area contributed by atoms with Gasteiger partial charge in [-0.2, -0.15) is 0 Å². The van der Waals surface area contributed by atoms with Crippen LogP contribution in [0.3, 0.4) is 0 Å². The van der Waals surface area contributed by atoms with Gasteiger partial charge in [0.15, 0.2) is 0 Å². The van der Waals surface area contributed by atoms with Crippen molar-refractivity contribution in [1.29, 1.82) is 0 Å². The van der Waals surface area contributed by atoms with Crippen LogP contribution in [0.5, 0.6) is 5.75 Å². The first kappa shape index (κ1) is 15.3. The Morgan fingerprint density at radius 3 is 3.00 bits per heavy atom. The Hall–Kier alpha value is -0.620. The number of rotatable bonds is 3. The Morgan fingerprint density at radius 1 is 1.38 bits per heavy atom. The predicted molar refractivity (Wildman–Crippen MR) is 88.9 cm³/mol. The molecule has 116 valence electrons. The van der Waals surface area contributed by atoms with E-state index < -0.39 is 0 Å². The summed E-state index contributed by atoms with van der Waals surface area (Å²) in [6.45, 7) is 4.03. The van der Waals surface area contributed by atoms with Gasteiger partial charge in [0, 0.05) is 42.6 Å². The summed E-state index contributed by atoms with van der Waals surface area (Å²) in [5.74, 6) is 1.07. The molecule has 21 heavy (non-hydrogen) atoms. The molecule has 2 aliphatic rings. The predicted octanol–water partition coefficient (Wildman–Crippen LogP) is 1.50. The Labute approximate surface area is 135 Å². The van der Waals surface area contributed by atoms with Crippen LogP contribution < -0.4 is 10.5 Å². The molecule has 2 aliphatic heterocycles. The minimum absolute atomic E-state index is 0.125. The van der Waals surface area contributed by atoms with E-state index in [1.807, 2.05) is 0 Å². The second kappa shape index (κ2) is 6.24. The number of piperazine rings is 1. The maximum absolute atomic E-state index is 6.54. The van der Waals surface area contributed by atoms with Crippen molar-refractivity contribution in [2.45, 2.75) is 24.9 Å². The second-order valence-electron chi connectivity index (χ2n) is 6.33. The quantitative estimate of drug-likeness (QED) is 0.893. The molecule has 2 heterocycles. The highest BCUT2D eigenvalue weighted by molar-refractivity contribution is 9.10. The van der Waals surface area contributed by atoms with Crippen LogP contribution >= 0.6 is 15.9 Å². The molecule has 4 nitrogen and oxygen atoms in total. The van der Waals surface area contributed by atoms with Crippen molar-refractivity contribution in [3.8, 4) is 5.75 Å². The lowest BCUT2D eigenvalue weighted by molar-refractivity contribution is 0.0972. The summed E-state index contributed by atoms with van der Waals surface area (Å²) in [7, 11) is 4.35. The van der Waals surface area contributed by atoms with Crippen molar-refractivity contribution in [2.24, 2.45) is 5.73 Å². The van der Waals surface area contributed by atoms with E-state index in [0.717, 1.165) is 49.3 Å². The molecule has 0 aliphatic carbocycles. The van der Waals surface area contributed by atoms with Crippen molar-refractivity contribution < 1.29 is 4.74 Å². The topological polar surface area (TPSA) is 41.7 Å². The van der Waals surface area contributed by atoms with Crippen molar-refractivity contribution in [3.63, 3.8) is 0 Å². The molecule has 5 heteroatoms. The highest BCUT2D eigenvalue weighted by Gasteiger charge is 2.29. The number of halogens is 1. The fraction of sp³-hybridized carbons (Fsp3) is 0.625. The zero-order valence-electron chi connectivity index (χ0n) is 12.8. The van der Waals surface area contributed by atoms with Gasteiger partial charge in [0.2, 0.25) is 0 Å². The van der Waals surface area contributed by atoms with Gasteiger partial charge in [-0.05, 0) is 43.8 Å². The second-order valence-corrected chi connectivity index (χ2v) is 7.25. The van der Waals surface area contributed by atoms with E-state index in [1.165, 1.54) is 11.1 Å². The van der Waals surface area contributed by atoms with Gasteiger partial charge in [-0.15, -0.1) is 0 Å². The minimum atomic E-state index is 0.125. The lowest BCUT2D eigenvalue weighted by Crippen LogP contribution is -2.58. The fourth-order valence-corrected chi connectivity index (χ4v) is 3.95. The molecular weight excluding hydrogens is 330 g/mol. The van der Waals surface area contributed by atoms with Crippen LogP contribution in [-0.4, -0.2) is 62.2 Å². The number of hydrogen-bond acceptors (Lipinski definition) is 4. The van der Waals surface area contributed by atoms with Crippen molar-refractivity contribution in [2.75, 3.05) is 40.3 Å². The van der Waals surface area contributed by atoms with E-state index in [1.54, 1.807) is 0 Å². The molecule has 2 unspecified atom stereocenters. The van der Waals surface area contributed by atoms with Crippen molar-refractivity contribution in [1.82, 2.24) is 9.80 Å². The molecule has 0 amide bonds. The van der Waals surface area contributed by atoms with E-state index in [0.29, 0.717) is 6.04 Å². The Morgan fingerprint density at radius 2 is 2.19 bits per heavy atom. The highest BCUT2D eigenvalue weighted by Crippen LogP contribution is 2.34. The molecule has 0 saturated carbocycles. The molecule has 0 spiro atoms. The van der Waals surface area contributed by atoms with Gasteiger partial charge in [0.05, 0.1) is 6.61 Å². The number of hydrogen-bond donors (Lipinski definition) is 1. The summed E-state index contributed by atoms with van der Waals surface area (Å²) in [6, 6.07) is 4.86. The highest BCUT2D eigenvalue weighted by atomic mass is 79.9. The van der Waals surface area contributed by atoms with E-state index in [9.17, 15) is 0 Å². The number of benzene rings is 1. The third-order valence-electron chi connectivity index (χ3n) is 4.67. The van der Waals surface area contributed by atoms with Gasteiger partial charge in [-0.3, -0.25) is 4.90 Å². The first-order valence-electron chi connectivity index (χ1n) is 7.63. The number of likely N-dealkylation sites (N-methyl/N-ethyl adjacent to an activating group) is 2. The number of ether oxygens (including phenoxy) is 1. The lowest BCUT2D eigenvalue weighted by atomic mass is 9.95. The van der Waals surface area contributed by atoms with Crippen molar-refractivity contribution in [3.05, 3.63) is 27.7 Å². The molecule has 1 fully saturated rings. The fourth-order valence-electron chi connectivity index (χ4n) is 3.39. The SMILES string of the molecule is CN1CCN(C)C(C(N)Cc2cc(Br)cc3c2OCC3)C1. The maximum atomic E-state index is 6.54. The summed E-state index contributed by atoms with van der Waals surface area (Å²) >= 11 is 3.61. The number of nitrogens with two attached hydrogens (primary N) is 1. The maximum Gasteiger partial charge on any atom is 0.125 e. The van der Waals surface area contributed by atoms with Gasteiger partial charge < -0.3 is 15.4 Å². The van der Waals surface area contributed by atoms with Crippen LogP contribution in [-0.2, 0) is 12.8 Å². The molecule has 0 bridgehead atoms. The Kier molecular flexibility index (Phi) is 4.54. The number of nitrogens with zero attached hydrogens (tertiary/aromatic N) is 2. The molecule has 1 aromatic rings. The van der Waals surface area contributed by atoms with Crippen molar-refractivity contribution >= 4 is 15.9 Å². The van der Waals surface area contributed by atoms with Crippen LogP contribution in [0.15, 0.2) is 16.6 Å². The summed E-state index contributed by atoms with van der Waals surface area (Å²) < 4.78 is 6.95. The van der Waals surface area contributed by atoms with Crippen LogP contribution in [0, 0.1) is 0 Å². The third kappa shape index (κ3) is 3.26. The van der Waals surface area contributed by atoms with E-state index in [2.05, 4.69) is 52.0 Å². The first-order chi connectivity index (χ1) is 10.0. The summed E-state index contributed by atoms with van der Waals surface area (Å²) in [5.41, 5.74) is 9.09. The summed E-state index contributed by atoms with van der Waals surface area (Å²) in [6.07, 6.45) is 1.87. The van der Waals surface area contributed by atoms with Gasteiger partial charge in [0.25, 0.3) is 0 Å². The molecule has 1 saturated heterocycles. The Balaban J connectivity index is 1.77. The van der Waals surface area contributed by atoms with E-state index in [4.69, 9.17) is 10.5 Å². The van der Waals surface area contributed by atoms with Crippen LogP contribution in [0.1, 0.15) is 11.1 Å². The average molecular weight is 354 g/mol. The van der Waals surface area contributed by atoms with Crippen LogP contribution in [0.25, 0.3) is 0 Å². The van der Waals surface area contributed by atoms with E-state index in [-0.39, 0.29) is 6.04 Å². The molecule has 2 N–H and O–H groups in total. The zero-order valence-corrected chi connectivity index (χ0v) is 14.4. The van der Waals surface area contributed by atoms with E-state index >= 15 is 0 Å². The molecule has 0 aromatic heterocycles. The summed E-state index contributed by atoms with van der Waals surface area (Å²) in [4.78, 5) is 4.76. The molecule has 3 rings (SSSR count). The molecule has 2 atom stereocenters. The van der Waals surface area contributed by atoms with Gasteiger partial charge in [-0.1, -0.05) is 15.9 Å². The summed E-state index contributed by atoms with van der Waals surface area (Å²) in [5, 5.41) is 0. The Bertz CT molecular complexity index is 522. The largest absolute Gasteiger partial charge is 0.493 e. The van der Waals surface area contributed by atoms with Crippen LogP contribution in [0.2, 0.25) is 0 Å². The third-order valence-corrected chi connectivity index (χ3v) is 5.13. The minimum Gasteiger partial charge on any atom is -0.493 e. The van der Waals surface area contributed by atoms with Gasteiger partial charge in [0.1, 0.15) is 5.75 Å². The number of fused-ring (bicyclic) bond motifs is 1. The smallest absolute Gasteiger partial charge is 0.125 e. The van der Waals surface area contributed by atoms with Crippen LogP contribution in [0.4, 0.5) is 0 Å². The van der Waals surface area contributed by atoms with Gasteiger partial charge >= 0.3 is 0 Å². The monoisotopic (exact) mass is 353 g/mol. The molecule has 0 radical (unpaired) electrons. The normalized spacial score (nSPS) is 24.7.